The fraction of sp³-hybridized carbons (Fsp3) is 0.231. The zero-order chi connectivity index (χ0) is 14.1. The first kappa shape index (κ1) is 14.7. The molecule has 6 nitrogen and oxygen atoms in total. The molecule has 0 aliphatic heterocycles. The second kappa shape index (κ2) is 7.88. The highest BCUT2D eigenvalue weighted by Gasteiger charge is 2.07. The molecule has 1 aromatic rings. The normalized spacial score (nSPS) is 9.53. The minimum atomic E-state index is -0.579. The molecule has 0 fully saturated rings. The Morgan fingerprint density at radius 3 is 2.89 bits per heavy atom. The summed E-state index contributed by atoms with van der Waals surface area (Å²) in [6.07, 6.45) is 1.51. The van der Waals surface area contributed by atoms with Crippen molar-refractivity contribution in [2.75, 3.05) is 13.2 Å². The van der Waals surface area contributed by atoms with Gasteiger partial charge in [-0.1, -0.05) is 18.2 Å². The Balaban J connectivity index is 2.37. The number of urea groups is 1. The van der Waals surface area contributed by atoms with Crippen LogP contribution in [0.1, 0.15) is 5.56 Å². The summed E-state index contributed by atoms with van der Waals surface area (Å²) in [4.78, 5) is 22.6. The van der Waals surface area contributed by atoms with Gasteiger partial charge < -0.3 is 15.8 Å². The molecule has 4 N–H and O–H groups in total. The van der Waals surface area contributed by atoms with Crippen molar-refractivity contribution in [2.45, 2.75) is 6.54 Å². The van der Waals surface area contributed by atoms with Crippen molar-refractivity contribution in [3.63, 3.8) is 0 Å². The average Bonchev–Trinajstić information content (AvgIpc) is 2.43. The Bertz CT molecular complexity index is 460. The summed E-state index contributed by atoms with van der Waals surface area (Å²) in [6.45, 7) is 3.89. The number of rotatable bonds is 6. The van der Waals surface area contributed by atoms with Crippen LogP contribution >= 0.6 is 0 Å². The van der Waals surface area contributed by atoms with Gasteiger partial charge in [0.05, 0.1) is 0 Å². The van der Waals surface area contributed by atoms with Crippen LogP contribution in [0, 0.1) is 0 Å². The fourth-order valence-electron chi connectivity index (χ4n) is 1.28. The molecule has 0 atom stereocenters. The van der Waals surface area contributed by atoms with Crippen LogP contribution in [0.4, 0.5) is 4.79 Å². The van der Waals surface area contributed by atoms with E-state index in [0.717, 1.165) is 5.56 Å². The van der Waals surface area contributed by atoms with E-state index in [-0.39, 0.29) is 6.61 Å². The van der Waals surface area contributed by atoms with Crippen LogP contribution in [0.5, 0.6) is 5.75 Å². The highest BCUT2D eigenvalue weighted by atomic mass is 16.5. The molecule has 0 heterocycles. The molecule has 0 aromatic heterocycles. The minimum absolute atomic E-state index is 0.241. The van der Waals surface area contributed by atoms with Crippen LogP contribution in [-0.4, -0.2) is 25.1 Å². The highest BCUT2D eigenvalue weighted by Crippen LogP contribution is 2.12. The van der Waals surface area contributed by atoms with Crippen molar-refractivity contribution < 1.29 is 14.3 Å². The Morgan fingerprint density at radius 2 is 2.21 bits per heavy atom. The topological polar surface area (TPSA) is 93.5 Å². The third-order valence-electron chi connectivity index (χ3n) is 2.16. The molecule has 102 valence electrons. The quantitative estimate of drug-likeness (QED) is 0.653. The van der Waals surface area contributed by atoms with Gasteiger partial charge >= 0.3 is 6.03 Å². The second-order valence-electron chi connectivity index (χ2n) is 3.69. The Hall–Kier alpha value is -2.34. The molecule has 6 heteroatoms. The van der Waals surface area contributed by atoms with E-state index in [9.17, 15) is 9.59 Å². The van der Waals surface area contributed by atoms with Crippen molar-refractivity contribution in [1.29, 1.82) is 0 Å². The van der Waals surface area contributed by atoms with E-state index in [0.29, 0.717) is 18.8 Å². The summed E-state index contributed by atoms with van der Waals surface area (Å²) in [5.74, 6) is 0.00399. The van der Waals surface area contributed by atoms with Gasteiger partial charge in [0.2, 0.25) is 0 Å². The number of nitrogens with one attached hydrogen (secondary N) is 2. The summed E-state index contributed by atoms with van der Waals surface area (Å²) in [5, 5.41) is 4.55. The molecule has 0 saturated carbocycles. The molecular formula is C13H17N3O3. The Labute approximate surface area is 111 Å². The molecule has 1 rings (SSSR count). The molecule has 1 aromatic carbocycles. The van der Waals surface area contributed by atoms with Crippen LogP contribution in [-0.2, 0) is 11.3 Å². The van der Waals surface area contributed by atoms with Crippen LogP contribution < -0.4 is 21.1 Å². The average molecular weight is 263 g/mol. The van der Waals surface area contributed by atoms with E-state index in [1.807, 2.05) is 6.07 Å². The van der Waals surface area contributed by atoms with Crippen molar-refractivity contribution >= 4 is 11.9 Å². The number of hydrogen-bond donors (Lipinski definition) is 3. The Morgan fingerprint density at radius 1 is 1.42 bits per heavy atom. The molecule has 3 amide bonds. The number of carbonyl (C=O) groups is 2. The van der Waals surface area contributed by atoms with Crippen LogP contribution in [0.25, 0.3) is 0 Å². The van der Waals surface area contributed by atoms with Crippen molar-refractivity contribution in [3.05, 3.63) is 42.5 Å². The first-order valence-electron chi connectivity index (χ1n) is 5.76. The zero-order valence-corrected chi connectivity index (χ0v) is 10.5. The zero-order valence-electron chi connectivity index (χ0n) is 10.5. The van der Waals surface area contributed by atoms with E-state index in [1.54, 1.807) is 18.2 Å². The minimum Gasteiger partial charge on any atom is -0.484 e. The largest absolute Gasteiger partial charge is 0.484 e. The number of amides is 3. The van der Waals surface area contributed by atoms with E-state index in [1.165, 1.54) is 6.08 Å². The lowest BCUT2D eigenvalue weighted by molar-refractivity contribution is -0.122. The smallest absolute Gasteiger partial charge is 0.321 e. The molecule has 0 aliphatic carbocycles. The maximum atomic E-state index is 11.4. The lowest BCUT2D eigenvalue weighted by Crippen LogP contribution is -2.41. The Kier molecular flexibility index (Phi) is 6.11. The summed E-state index contributed by atoms with van der Waals surface area (Å²) in [5.41, 5.74) is 6.40. The number of ether oxygens (including phenoxy) is 1. The van der Waals surface area contributed by atoms with Gasteiger partial charge in [0.15, 0.2) is 6.61 Å². The summed E-state index contributed by atoms with van der Waals surface area (Å²) in [7, 11) is 0. The van der Waals surface area contributed by atoms with Crippen LogP contribution in [0.15, 0.2) is 36.9 Å². The van der Waals surface area contributed by atoms with Gasteiger partial charge in [0.25, 0.3) is 5.91 Å². The van der Waals surface area contributed by atoms with Gasteiger partial charge in [0, 0.05) is 13.1 Å². The maximum Gasteiger partial charge on any atom is 0.321 e. The third kappa shape index (κ3) is 5.69. The molecule has 19 heavy (non-hydrogen) atoms. The van der Waals surface area contributed by atoms with Crippen LogP contribution in [0.2, 0.25) is 0 Å². The summed E-state index contributed by atoms with van der Waals surface area (Å²) >= 11 is 0. The number of imide groups is 1. The second-order valence-corrected chi connectivity index (χ2v) is 3.69. The van der Waals surface area contributed by atoms with E-state index < -0.39 is 11.9 Å². The monoisotopic (exact) mass is 263 g/mol. The van der Waals surface area contributed by atoms with Gasteiger partial charge in [0.1, 0.15) is 5.75 Å². The van der Waals surface area contributed by atoms with Gasteiger partial charge in [-0.15, -0.1) is 6.58 Å². The summed E-state index contributed by atoms with van der Waals surface area (Å²) in [6, 6.07) is 6.51. The van der Waals surface area contributed by atoms with E-state index in [2.05, 4.69) is 17.2 Å². The molecule has 0 spiro atoms. The third-order valence-corrected chi connectivity index (χ3v) is 2.16. The predicted octanol–water partition coefficient (Wildman–Crippen LogP) is 0.536. The molecule has 0 aliphatic rings. The van der Waals surface area contributed by atoms with Gasteiger partial charge in [-0.05, 0) is 17.7 Å². The molecule has 0 bridgehead atoms. The first-order valence-corrected chi connectivity index (χ1v) is 5.76. The van der Waals surface area contributed by atoms with Crippen molar-refractivity contribution in [3.8, 4) is 5.75 Å². The SMILES string of the molecule is C=CCNC(=O)NC(=O)COc1cccc(CN)c1. The van der Waals surface area contributed by atoms with Gasteiger partial charge in [-0.2, -0.15) is 0 Å². The van der Waals surface area contributed by atoms with Gasteiger partial charge in [-0.3, -0.25) is 10.1 Å². The molecule has 0 saturated heterocycles. The van der Waals surface area contributed by atoms with E-state index in [4.69, 9.17) is 10.5 Å². The van der Waals surface area contributed by atoms with E-state index >= 15 is 0 Å². The van der Waals surface area contributed by atoms with Crippen molar-refractivity contribution in [2.24, 2.45) is 5.73 Å². The maximum absolute atomic E-state index is 11.4. The first-order chi connectivity index (χ1) is 9.15. The number of nitrogens with two attached hydrogens (primary N) is 1. The number of hydrogen-bond acceptors (Lipinski definition) is 4. The number of carbonyl (C=O) groups excluding carboxylic acids is 2. The summed E-state index contributed by atoms with van der Waals surface area (Å²) < 4.78 is 5.25. The molecule has 0 radical (unpaired) electrons. The standard InChI is InChI=1S/C13H17N3O3/c1-2-6-15-13(18)16-12(17)9-19-11-5-3-4-10(7-11)8-14/h2-5,7H,1,6,8-9,14H2,(H2,15,16,17,18). The lowest BCUT2D eigenvalue weighted by Gasteiger charge is -2.08. The number of benzene rings is 1. The van der Waals surface area contributed by atoms with Crippen molar-refractivity contribution in [1.82, 2.24) is 10.6 Å². The van der Waals surface area contributed by atoms with Gasteiger partial charge in [-0.25, -0.2) is 4.79 Å². The van der Waals surface area contributed by atoms with Crippen LogP contribution in [0.3, 0.4) is 0 Å². The fourth-order valence-corrected chi connectivity index (χ4v) is 1.28. The molecule has 0 unspecified atom stereocenters. The lowest BCUT2D eigenvalue weighted by atomic mass is 10.2. The molecular weight excluding hydrogens is 246 g/mol. The predicted molar refractivity (Wildman–Crippen MR) is 71.6 cm³/mol. The highest BCUT2D eigenvalue weighted by molar-refractivity contribution is 5.95.